The summed E-state index contributed by atoms with van der Waals surface area (Å²) in [6.07, 6.45) is 46.6. The molecule has 0 bridgehead atoms. The summed E-state index contributed by atoms with van der Waals surface area (Å²) in [5.41, 5.74) is 0. The van der Waals surface area contributed by atoms with Gasteiger partial charge in [-0.15, -0.1) is 0 Å². The van der Waals surface area contributed by atoms with Crippen LogP contribution < -0.4 is 0 Å². The van der Waals surface area contributed by atoms with Gasteiger partial charge in [-0.2, -0.15) is 0 Å². The number of phosphoric ester groups is 2. The van der Waals surface area contributed by atoms with Gasteiger partial charge < -0.3 is 33.8 Å². The molecule has 7 atom stereocenters. The fourth-order valence-corrected chi connectivity index (χ4v) is 11.5. The van der Waals surface area contributed by atoms with Gasteiger partial charge in [-0.1, -0.05) is 272 Å². The van der Waals surface area contributed by atoms with Gasteiger partial charge in [0.15, 0.2) is 12.2 Å². The molecule has 19 heteroatoms. The normalized spacial score (nSPS) is 15.0. The van der Waals surface area contributed by atoms with Crippen LogP contribution in [0.4, 0.5) is 0 Å². The largest absolute Gasteiger partial charge is 0.472 e. The van der Waals surface area contributed by atoms with E-state index in [9.17, 15) is 43.2 Å². The van der Waals surface area contributed by atoms with E-state index in [4.69, 9.17) is 37.0 Å². The predicted octanol–water partition coefficient (Wildman–Crippen LogP) is 19.4. The van der Waals surface area contributed by atoms with Crippen LogP contribution in [0.25, 0.3) is 0 Å². The van der Waals surface area contributed by atoms with Crippen molar-refractivity contribution in [1.29, 1.82) is 0 Å². The highest BCUT2D eigenvalue weighted by molar-refractivity contribution is 7.47. The number of hydrogen-bond acceptors (Lipinski definition) is 15. The Bertz CT molecular complexity index is 1850. The van der Waals surface area contributed by atoms with Gasteiger partial charge in [-0.25, -0.2) is 9.13 Å². The van der Waals surface area contributed by atoms with Gasteiger partial charge in [-0.3, -0.25) is 37.3 Å². The molecule has 0 saturated heterocycles. The molecule has 89 heavy (non-hydrogen) atoms. The first-order chi connectivity index (χ1) is 42.8. The molecule has 0 fully saturated rings. The Labute approximate surface area is 542 Å². The Balaban J connectivity index is 5.31. The molecule has 0 spiro atoms. The van der Waals surface area contributed by atoms with Crippen molar-refractivity contribution < 1.29 is 80.2 Å². The number of aliphatic hydroxyl groups excluding tert-OH is 1. The number of phosphoric acid groups is 2. The number of carbonyl (C=O) groups is 4. The van der Waals surface area contributed by atoms with Crippen molar-refractivity contribution in [2.75, 3.05) is 39.6 Å². The molecule has 0 radical (unpaired) electrons. The van der Waals surface area contributed by atoms with E-state index in [1.807, 2.05) is 0 Å². The predicted molar refractivity (Wildman–Crippen MR) is 358 cm³/mol. The molecular weight excluding hydrogens is 1170 g/mol. The minimum Gasteiger partial charge on any atom is -0.462 e. The topological polar surface area (TPSA) is 237 Å². The molecule has 0 aliphatic heterocycles. The zero-order valence-corrected chi connectivity index (χ0v) is 59.2. The number of hydrogen-bond donors (Lipinski definition) is 3. The van der Waals surface area contributed by atoms with Crippen LogP contribution in [0.1, 0.15) is 325 Å². The molecule has 524 valence electrons. The lowest BCUT2D eigenvalue weighted by atomic mass is 9.99. The number of esters is 4. The van der Waals surface area contributed by atoms with Crippen molar-refractivity contribution in [2.24, 2.45) is 17.8 Å². The number of aliphatic hydroxyl groups is 1. The second kappa shape index (κ2) is 60.5. The fraction of sp³-hybridized carbons (Fsp3) is 0.886. The molecule has 5 unspecified atom stereocenters. The van der Waals surface area contributed by atoms with Crippen molar-refractivity contribution in [3.63, 3.8) is 0 Å². The maximum absolute atomic E-state index is 13.0. The smallest absolute Gasteiger partial charge is 0.462 e. The Morgan fingerprint density at radius 1 is 0.371 bits per heavy atom. The van der Waals surface area contributed by atoms with E-state index >= 15 is 0 Å². The van der Waals surface area contributed by atoms with Crippen LogP contribution in [0.3, 0.4) is 0 Å². The summed E-state index contributed by atoms with van der Waals surface area (Å²) >= 11 is 0. The highest BCUT2D eigenvalue weighted by Gasteiger charge is 2.30. The van der Waals surface area contributed by atoms with Gasteiger partial charge in [0, 0.05) is 25.7 Å². The Kier molecular flexibility index (Phi) is 58.8. The van der Waals surface area contributed by atoms with E-state index in [2.05, 4.69) is 72.8 Å². The summed E-state index contributed by atoms with van der Waals surface area (Å²) < 4.78 is 68.2. The number of unbranched alkanes of at least 4 members (excludes halogenated alkanes) is 29. The highest BCUT2D eigenvalue weighted by Crippen LogP contribution is 2.45. The van der Waals surface area contributed by atoms with Gasteiger partial charge in [0.2, 0.25) is 0 Å². The van der Waals surface area contributed by atoms with Gasteiger partial charge in [0.1, 0.15) is 19.3 Å². The summed E-state index contributed by atoms with van der Waals surface area (Å²) in [4.78, 5) is 72.5. The third-order valence-electron chi connectivity index (χ3n) is 16.2. The fourth-order valence-electron chi connectivity index (χ4n) is 9.94. The van der Waals surface area contributed by atoms with E-state index in [-0.39, 0.29) is 25.7 Å². The minimum atomic E-state index is -4.96. The Hall–Kier alpha value is -2.46. The third kappa shape index (κ3) is 61.5. The highest BCUT2D eigenvalue weighted by atomic mass is 31.2. The summed E-state index contributed by atoms with van der Waals surface area (Å²) in [5, 5.41) is 10.6. The number of allylic oxidation sites excluding steroid dienone is 4. The molecule has 0 amide bonds. The third-order valence-corrected chi connectivity index (χ3v) is 18.1. The van der Waals surface area contributed by atoms with Gasteiger partial charge in [0.05, 0.1) is 26.4 Å². The van der Waals surface area contributed by atoms with Crippen LogP contribution in [0.2, 0.25) is 0 Å². The average molecular weight is 1310 g/mol. The summed E-state index contributed by atoms with van der Waals surface area (Å²) in [5.74, 6) is 0.0859. The lowest BCUT2D eigenvalue weighted by Crippen LogP contribution is -2.30. The zero-order chi connectivity index (χ0) is 65.9. The molecule has 17 nitrogen and oxygen atoms in total. The first-order valence-corrected chi connectivity index (χ1v) is 38.7. The van der Waals surface area contributed by atoms with E-state index in [0.29, 0.717) is 31.6 Å². The molecule has 0 rings (SSSR count). The number of carbonyl (C=O) groups excluding carboxylic acids is 4. The van der Waals surface area contributed by atoms with Crippen LogP contribution in [-0.2, 0) is 65.4 Å². The molecule has 0 aromatic carbocycles. The quantitative estimate of drug-likeness (QED) is 0.0169. The second-order valence-corrected chi connectivity index (χ2v) is 28.5. The van der Waals surface area contributed by atoms with E-state index < -0.39 is 97.5 Å². The number of rotatable bonds is 66. The van der Waals surface area contributed by atoms with Crippen molar-refractivity contribution in [3.8, 4) is 0 Å². The monoisotopic (exact) mass is 1310 g/mol. The SMILES string of the molecule is CCCCCC/C=C\C=C/CCCCCCCC(=O)O[C@H](COC(=O)CCCCCCCCCCC(C)CC)COP(=O)(O)OCC(O)COP(=O)(O)OC[C@@H](COC(=O)CCCCCCCCCC(C)C)OC(=O)CCCCCCCCCCC(C)CC. The van der Waals surface area contributed by atoms with Crippen LogP contribution >= 0.6 is 15.6 Å². The van der Waals surface area contributed by atoms with Crippen molar-refractivity contribution in [2.45, 2.75) is 343 Å². The Morgan fingerprint density at radius 3 is 1.00 bits per heavy atom. The molecule has 0 aromatic rings. The van der Waals surface area contributed by atoms with Crippen LogP contribution in [0.5, 0.6) is 0 Å². The first-order valence-electron chi connectivity index (χ1n) is 35.7. The van der Waals surface area contributed by atoms with Crippen molar-refractivity contribution in [3.05, 3.63) is 24.3 Å². The maximum atomic E-state index is 13.0. The molecule has 0 aromatic heterocycles. The molecule has 0 aliphatic carbocycles. The van der Waals surface area contributed by atoms with Crippen molar-refractivity contribution >= 4 is 39.5 Å². The molecule has 3 N–H and O–H groups in total. The molecule has 0 heterocycles. The second-order valence-electron chi connectivity index (χ2n) is 25.5. The maximum Gasteiger partial charge on any atom is 0.472 e. The molecule has 0 saturated carbocycles. The lowest BCUT2D eigenvalue weighted by molar-refractivity contribution is -0.161. The van der Waals surface area contributed by atoms with Crippen molar-refractivity contribution in [1.82, 2.24) is 0 Å². The average Bonchev–Trinajstić information content (AvgIpc) is 3.71. The number of ether oxygens (including phenoxy) is 4. The van der Waals surface area contributed by atoms with Crippen LogP contribution in [0.15, 0.2) is 24.3 Å². The summed E-state index contributed by atoms with van der Waals surface area (Å²) in [7, 11) is -9.91. The standard InChI is InChI=1S/C70H132O17P2/c1-8-11-12-13-14-15-16-17-18-19-20-21-31-39-46-53-69(74)86-65(57-80-67(72)51-44-37-30-24-22-28-35-42-49-62(6)9-2)59-84-88(76,77)82-55-64(71)56-83-89(78,79)85-60-66(58-81-68(73)52-45-38-33-26-27-34-41-48-61(4)5)87-70(75)54-47-40-32-25-23-29-36-43-50-63(7)10-3/h15-18,61-66,71H,8-14,19-60H2,1-7H3,(H,76,77)(H,78,79)/b16-15-,18-17-/t62?,63?,64?,65-,66-/m1/s1. The van der Waals surface area contributed by atoms with Crippen LogP contribution in [0, 0.1) is 17.8 Å². The lowest BCUT2D eigenvalue weighted by Gasteiger charge is -2.21. The van der Waals surface area contributed by atoms with Crippen LogP contribution in [-0.4, -0.2) is 96.7 Å². The summed E-state index contributed by atoms with van der Waals surface area (Å²) in [6, 6.07) is 0. The summed E-state index contributed by atoms with van der Waals surface area (Å²) in [6.45, 7) is 11.7. The van der Waals surface area contributed by atoms with E-state index in [1.165, 1.54) is 116 Å². The zero-order valence-electron chi connectivity index (χ0n) is 57.4. The first kappa shape index (κ1) is 86.5. The minimum absolute atomic E-state index is 0.0839. The van der Waals surface area contributed by atoms with Gasteiger partial charge in [0.25, 0.3) is 0 Å². The van der Waals surface area contributed by atoms with E-state index in [0.717, 1.165) is 121 Å². The Morgan fingerprint density at radius 2 is 0.663 bits per heavy atom. The van der Waals surface area contributed by atoms with Gasteiger partial charge in [-0.05, 0) is 69.1 Å². The van der Waals surface area contributed by atoms with Gasteiger partial charge >= 0.3 is 39.5 Å². The molecular formula is C70H132O17P2. The molecule has 0 aliphatic rings. The van der Waals surface area contributed by atoms with E-state index in [1.54, 1.807) is 0 Å².